The lowest BCUT2D eigenvalue weighted by Crippen LogP contribution is -2.30. The zero-order valence-electron chi connectivity index (χ0n) is 9.78. The van der Waals surface area contributed by atoms with Crippen molar-refractivity contribution in [3.05, 3.63) is 5.82 Å². The van der Waals surface area contributed by atoms with Crippen molar-refractivity contribution in [2.45, 2.75) is 37.9 Å². The Hall–Kier alpha value is -1.38. The molecule has 1 fully saturated rings. The summed E-state index contributed by atoms with van der Waals surface area (Å²) in [4.78, 5) is 14.3. The van der Waals surface area contributed by atoms with Crippen molar-refractivity contribution >= 4 is 22.6 Å². The molecule has 1 aliphatic carbocycles. The molecule has 1 aromatic heterocycles. The van der Waals surface area contributed by atoms with E-state index in [2.05, 4.69) is 14.7 Å². The van der Waals surface area contributed by atoms with Gasteiger partial charge in [0.25, 0.3) is 0 Å². The van der Waals surface area contributed by atoms with Gasteiger partial charge in [-0.25, -0.2) is 0 Å². The average Bonchev–Trinajstić information content (AvgIpc) is 2.77. The van der Waals surface area contributed by atoms with Crippen molar-refractivity contribution in [2.75, 3.05) is 5.32 Å². The largest absolute Gasteiger partial charge is 0.481 e. The van der Waals surface area contributed by atoms with E-state index in [9.17, 15) is 18.0 Å². The van der Waals surface area contributed by atoms with E-state index >= 15 is 0 Å². The number of hydrogen-bond donors (Lipinski definition) is 2. The number of nitrogens with zero attached hydrogens (tertiary/aromatic N) is 2. The highest BCUT2D eigenvalue weighted by Gasteiger charge is 2.36. The van der Waals surface area contributed by atoms with Crippen molar-refractivity contribution in [2.24, 2.45) is 5.92 Å². The molecule has 106 valence electrons. The number of aromatic nitrogens is 2. The first kappa shape index (κ1) is 14.0. The molecule has 9 heteroatoms. The summed E-state index contributed by atoms with van der Waals surface area (Å²) < 4.78 is 40.2. The second-order valence-corrected chi connectivity index (χ2v) is 5.22. The third-order valence-corrected chi connectivity index (χ3v) is 3.68. The van der Waals surface area contributed by atoms with E-state index in [1.165, 1.54) is 0 Å². The van der Waals surface area contributed by atoms with E-state index in [0.717, 1.165) is 12.8 Å². The predicted molar refractivity (Wildman–Crippen MR) is 61.9 cm³/mol. The molecule has 1 heterocycles. The molecule has 0 spiro atoms. The van der Waals surface area contributed by atoms with Gasteiger partial charge in [-0.05, 0) is 19.3 Å². The highest BCUT2D eigenvalue weighted by Crippen LogP contribution is 2.31. The third-order valence-electron chi connectivity index (χ3n) is 3.03. The number of aliphatic carboxylic acids is 1. The molecule has 0 aliphatic heterocycles. The fourth-order valence-electron chi connectivity index (χ4n) is 2.12. The first-order valence-electron chi connectivity index (χ1n) is 5.76. The Balaban J connectivity index is 1.97. The standard InChI is InChI=1S/C10H12F3N3O2S/c11-10(12,13)8-15-9(19-16-8)14-6-3-1-2-5(4-6)7(17)18/h5-6H,1-4H2,(H,17,18)(H,14,15,16). The lowest BCUT2D eigenvalue weighted by Gasteiger charge is -2.26. The molecule has 1 aromatic rings. The van der Waals surface area contributed by atoms with Gasteiger partial charge in [0.2, 0.25) is 11.0 Å². The number of hydrogen-bond acceptors (Lipinski definition) is 5. The maximum atomic E-state index is 12.3. The topological polar surface area (TPSA) is 75.1 Å². The maximum absolute atomic E-state index is 12.3. The van der Waals surface area contributed by atoms with Gasteiger partial charge in [0.1, 0.15) is 0 Å². The Labute approximate surface area is 111 Å². The summed E-state index contributed by atoms with van der Waals surface area (Å²) >= 11 is 0.640. The minimum atomic E-state index is -4.55. The molecular formula is C10H12F3N3O2S. The van der Waals surface area contributed by atoms with Crippen LogP contribution in [0.25, 0.3) is 0 Å². The zero-order valence-corrected chi connectivity index (χ0v) is 10.6. The van der Waals surface area contributed by atoms with Crippen molar-refractivity contribution < 1.29 is 23.1 Å². The zero-order chi connectivity index (χ0) is 14.0. The predicted octanol–water partition coefficient (Wildman–Crippen LogP) is 2.61. The van der Waals surface area contributed by atoms with Crippen molar-refractivity contribution in [1.29, 1.82) is 0 Å². The quantitative estimate of drug-likeness (QED) is 0.896. The number of rotatable bonds is 3. The van der Waals surface area contributed by atoms with E-state index in [-0.39, 0.29) is 11.2 Å². The lowest BCUT2D eigenvalue weighted by atomic mass is 9.86. The van der Waals surface area contributed by atoms with E-state index in [1.54, 1.807) is 0 Å². The number of carboxylic acids is 1. The Morgan fingerprint density at radius 1 is 1.42 bits per heavy atom. The molecular weight excluding hydrogens is 283 g/mol. The lowest BCUT2D eigenvalue weighted by molar-refractivity contribution is -0.144. The van der Waals surface area contributed by atoms with Crippen LogP contribution in [0.15, 0.2) is 0 Å². The summed E-state index contributed by atoms with van der Waals surface area (Å²) in [6.07, 6.45) is -2.08. The Morgan fingerprint density at radius 2 is 2.16 bits per heavy atom. The molecule has 0 amide bonds. The first-order chi connectivity index (χ1) is 8.86. The van der Waals surface area contributed by atoms with E-state index < -0.39 is 23.9 Å². The summed E-state index contributed by atoms with van der Waals surface area (Å²) in [5.41, 5.74) is 0. The maximum Gasteiger partial charge on any atom is 0.452 e. The van der Waals surface area contributed by atoms with E-state index in [1.807, 2.05) is 0 Å². The van der Waals surface area contributed by atoms with Gasteiger partial charge in [0.05, 0.1) is 5.92 Å². The van der Waals surface area contributed by atoms with Crippen LogP contribution in [0.3, 0.4) is 0 Å². The third kappa shape index (κ3) is 3.55. The van der Waals surface area contributed by atoms with Gasteiger partial charge in [-0.15, -0.1) is 0 Å². The summed E-state index contributed by atoms with van der Waals surface area (Å²) in [5.74, 6) is -2.47. The number of anilines is 1. The van der Waals surface area contributed by atoms with Crippen LogP contribution in [0.1, 0.15) is 31.5 Å². The minimum absolute atomic E-state index is 0.0864. The molecule has 2 unspecified atom stereocenters. The van der Waals surface area contributed by atoms with Crippen LogP contribution in [-0.2, 0) is 11.0 Å². The number of carboxylic acid groups (broad SMARTS) is 1. The number of alkyl halides is 3. The van der Waals surface area contributed by atoms with Crippen LogP contribution in [0.4, 0.5) is 18.3 Å². The number of halogens is 3. The smallest absolute Gasteiger partial charge is 0.452 e. The van der Waals surface area contributed by atoms with Crippen LogP contribution in [0.2, 0.25) is 0 Å². The molecule has 1 saturated carbocycles. The summed E-state index contributed by atoms with van der Waals surface area (Å²) in [6.45, 7) is 0. The van der Waals surface area contributed by atoms with Gasteiger partial charge in [-0.3, -0.25) is 4.79 Å². The Morgan fingerprint density at radius 3 is 2.74 bits per heavy atom. The first-order valence-corrected chi connectivity index (χ1v) is 6.54. The van der Waals surface area contributed by atoms with Crippen LogP contribution < -0.4 is 5.32 Å². The van der Waals surface area contributed by atoms with Gasteiger partial charge in [-0.2, -0.15) is 22.5 Å². The van der Waals surface area contributed by atoms with Crippen molar-refractivity contribution in [3.8, 4) is 0 Å². The van der Waals surface area contributed by atoms with Gasteiger partial charge < -0.3 is 10.4 Å². The molecule has 2 rings (SSSR count). The molecule has 2 N–H and O–H groups in total. The van der Waals surface area contributed by atoms with Gasteiger partial charge in [0, 0.05) is 17.6 Å². The highest BCUT2D eigenvalue weighted by molar-refractivity contribution is 7.09. The Kier molecular flexibility index (Phi) is 3.93. The fourth-order valence-corrected chi connectivity index (χ4v) is 2.78. The van der Waals surface area contributed by atoms with E-state index in [4.69, 9.17) is 5.11 Å². The molecule has 0 radical (unpaired) electrons. The molecule has 0 bridgehead atoms. The summed E-state index contributed by atoms with van der Waals surface area (Å²) in [6, 6.07) is -0.163. The molecule has 5 nitrogen and oxygen atoms in total. The molecule has 1 aliphatic rings. The van der Waals surface area contributed by atoms with Gasteiger partial charge >= 0.3 is 12.1 Å². The van der Waals surface area contributed by atoms with Gasteiger partial charge in [-0.1, -0.05) is 6.42 Å². The number of carbonyl (C=O) groups is 1. The molecule has 19 heavy (non-hydrogen) atoms. The van der Waals surface area contributed by atoms with Crippen molar-refractivity contribution in [3.63, 3.8) is 0 Å². The Bertz CT molecular complexity index is 463. The molecule has 2 atom stereocenters. The van der Waals surface area contributed by atoms with Crippen LogP contribution in [-0.4, -0.2) is 26.5 Å². The second kappa shape index (κ2) is 5.32. The van der Waals surface area contributed by atoms with Crippen molar-refractivity contribution in [1.82, 2.24) is 9.36 Å². The molecule has 0 aromatic carbocycles. The SMILES string of the molecule is O=C(O)C1CCCC(Nc2nc(C(F)(F)F)ns2)C1. The summed E-state index contributed by atoms with van der Waals surface area (Å²) in [7, 11) is 0. The monoisotopic (exact) mass is 295 g/mol. The average molecular weight is 295 g/mol. The minimum Gasteiger partial charge on any atom is -0.481 e. The molecule has 0 saturated heterocycles. The second-order valence-electron chi connectivity index (χ2n) is 4.46. The summed E-state index contributed by atoms with van der Waals surface area (Å²) in [5, 5.41) is 11.9. The fraction of sp³-hybridized carbons (Fsp3) is 0.700. The van der Waals surface area contributed by atoms with Crippen LogP contribution >= 0.6 is 11.5 Å². The highest BCUT2D eigenvalue weighted by atomic mass is 32.1. The van der Waals surface area contributed by atoms with E-state index in [0.29, 0.717) is 24.4 Å². The normalized spacial score (nSPS) is 24.2. The van der Waals surface area contributed by atoms with Crippen LogP contribution in [0, 0.1) is 5.92 Å². The van der Waals surface area contributed by atoms with Crippen LogP contribution in [0.5, 0.6) is 0 Å². The van der Waals surface area contributed by atoms with Gasteiger partial charge in [0.15, 0.2) is 0 Å². The number of nitrogens with one attached hydrogen (secondary N) is 1.